The molecule has 0 spiro atoms. The summed E-state index contributed by atoms with van der Waals surface area (Å²) in [7, 11) is 0. The fourth-order valence-electron chi connectivity index (χ4n) is 1.30. The third-order valence-electron chi connectivity index (χ3n) is 2.79. The van der Waals surface area contributed by atoms with Gasteiger partial charge in [0.2, 0.25) is 5.91 Å². The summed E-state index contributed by atoms with van der Waals surface area (Å²) in [6.07, 6.45) is 0. The van der Waals surface area contributed by atoms with Gasteiger partial charge in [-0.2, -0.15) is 0 Å². The van der Waals surface area contributed by atoms with Crippen molar-refractivity contribution in [2.24, 2.45) is 5.41 Å². The Bertz CT molecular complexity index is 575. The quantitative estimate of drug-likeness (QED) is 0.713. The first kappa shape index (κ1) is 18.8. The van der Waals surface area contributed by atoms with Crippen LogP contribution in [0.4, 0.5) is 0 Å². The van der Waals surface area contributed by atoms with Gasteiger partial charge >= 0.3 is 5.97 Å². The molecule has 23 heavy (non-hydrogen) atoms. The molecule has 1 aromatic rings. The Hall–Kier alpha value is -2.22. The highest BCUT2D eigenvalue weighted by atomic mass is 32.1. The highest BCUT2D eigenvalue weighted by molar-refractivity contribution is 7.12. The van der Waals surface area contributed by atoms with Crippen LogP contribution in [0, 0.1) is 5.41 Å². The third kappa shape index (κ3) is 7.05. The fraction of sp³-hybridized carbons (Fsp3) is 0.467. The van der Waals surface area contributed by atoms with Crippen molar-refractivity contribution < 1.29 is 23.9 Å². The molecule has 0 saturated carbocycles. The van der Waals surface area contributed by atoms with Crippen molar-refractivity contribution in [1.29, 1.82) is 0 Å². The summed E-state index contributed by atoms with van der Waals surface area (Å²) in [5.41, 5.74) is -0.588. The van der Waals surface area contributed by atoms with Gasteiger partial charge in [0, 0.05) is 5.41 Å². The molecule has 0 radical (unpaired) electrons. The summed E-state index contributed by atoms with van der Waals surface area (Å²) in [5.74, 6) is -1.79. The molecule has 0 aliphatic heterocycles. The molecule has 0 unspecified atom stereocenters. The Labute approximate surface area is 138 Å². The standard InChI is InChI=1S/C15H20N2O5S/c1-15(2,3)11(18)9-22-13(20)8-16-12(19)7-17-14(21)10-5-4-6-23-10/h4-6H,7-9H2,1-3H3,(H,16,19)(H,17,21). The van der Waals surface area contributed by atoms with Crippen LogP contribution in [0.1, 0.15) is 30.4 Å². The minimum Gasteiger partial charge on any atom is -0.456 e. The van der Waals surface area contributed by atoms with Gasteiger partial charge in [-0.15, -0.1) is 11.3 Å². The van der Waals surface area contributed by atoms with Crippen LogP contribution in [0.5, 0.6) is 0 Å². The number of rotatable bonds is 7. The van der Waals surface area contributed by atoms with Gasteiger partial charge in [0.25, 0.3) is 5.91 Å². The number of amides is 2. The second kappa shape index (κ2) is 8.42. The molecule has 8 heteroatoms. The fourth-order valence-corrected chi connectivity index (χ4v) is 1.94. The van der Waals surface area contributed by atoms with Gasteiger partial charge in [0.1, 0.15) is 6.54 Å². The number of ether oxygens (including phenoxy) is 1. The van der Waals surface area contributed by atoms with Crippen molar-refractivity contribution in [1.82, 2.24) is 10.6 Å². The Balaban J connectivity index is 2.21. The molecular formula is C15H20N2O5S. The normalized spacial score (nSPS) is 10.7. The summed E-state index contributed by atoms with van der Waals surface area (Å²) < 4.78 is 4.78. The molecule has 126 valence electrons. The number of hydrogen-bond acceptors (Lipinski definition) is 6. The highest BCUT2D eigenvalue weighted by Crippen LogP contribution is 2.14. The molecule has 7 nitrogen and oxygen atoms in total. The average Bonchev–Trinajstić information content (AvgIpc) is 3.01. The Morgan fingerprint density at radius 2 is 1.83 bits per heavy atom. The first-order valence-electron chi connectivity index (χ1n) is 6.97. The van der Waals surface area contributed by atoms with Gasteiger partial charge in [-0.05, 0) is 11.4 Å². The average molecular weight is 340 g/mol. The molecule has 0 atom stereocenters. The van der Waals surface area contributed by atoms with Crippen molar-refractivity contribution in [3.05, 3.63) is 22.4 Å². The lowest BCUT2D eigenvalue weighted by atomic mass is 9.91. The number of thiophene rings is 1. The van der Waals surface area contributed by atoms with Gasteiger partial charge in [-0.25, -0.2) is 0 Å². The zero-order valence-corrected chi connectivity index (χ0v) is 14.1. The van der Waals surface area contributed by atoms with E-state index in [1.54, 1.807) is 38.3 Å². The van der Waals surface area contributed by atoms with Crippen LogP contribution in [0.3, 0.4) is 0 Å². The van der Waals surface area contributed by atoms with E-state index in [0.29, 0.717) is 4.88 Å². The number of esters is 1. The van der Waals surface area contributed by atoms with Crippen LogP contribution >= 0.6 is 11.3 Å². The molecule has 0 bridgehead atoms. The van der Waals surface area contributed by atoms with Crippen LogP contribution in [-0.4, -0.2) is 43.3 Å². The second-order valence-corrected chi connectivity index (χ2v) is 6.72. The summed E-state index contributed by atoms with van der Waals surface area (Å²) in [5, 5.41) is 6.50. The zero-order chi connectivity index (χ0) is 17.5. The van der Waals surface area contributed by atoms with E-state index in [0.717, 1.165) is 0 Å². The SMILES string of the molecule is CC(C)(C)C(=O)COC(=O)CNC(=O)CNC(=O)c1cccs1. The Morgan fingerprint density at radius 1 is 1.13 bits per heavy atom. The van der Waals surface area contributed by atoms with E-state index >= 15 is 0 Å². The lowest BCUT2D eigenvalue weighted by Gasteiger charge is -2.16. The molecule has 2 N–H and O–H groups in total. The molecule has 1 rings (SSSR count). The van der Waals surface area contributed by atoms with Crippen molar-refractivity contribution >= 4 is 34.9 Å². The van der Waals surface area contributed by atoms with Crippen molar-refractivity contribution in [2.75, 3.05) is 19.7 Å². The third-order valence-corrected chi connectivity index (χ3v) is 3.65. The lowest BCUT2D eigenvalue weighted by molar-refractivity contribution is -0.149. The number of carbonyl (C=O) groups is 4. The maximum absolute atomic E-state index is 11.6. The van der Waals surface area contributed by atoms with Gasteiger partial charge in [-0.3, -0.25) is 19.2 Å². The van der Waals surface area contributed by atoms with E-state index < -0.39 is 17.3 Å². The van der Waals surface area contributed by atoms with E-state index in [1.165, 1.54) is 11.3 Å². The largest absolute Gasteiger partial charge is 0.456 e. The predicted octanol–water partition coefficient (Wildman–Crippen LogP) is 0.753. The first-order valence-corrected chi connectivity index (χ1v) is 7.85. The number of nitrogens with one attached hydrogen (secondary N) is 2. The summed E-state index contributed by atoms with van der Waals surface area (Å²) >= 11 is 1.26. The number of Topliss-reactive ketones (excluding diaryl/α,β-unsaturated/α-hetero) is 1. The van der Waals surface area contributed by atoms with Crippen molar-refractivity contribution in [3.8, 4) is 0 Å². The maximum Gasteiger partial charge on any atom is 0.325 e. The number of ketones is 1. The molecule has 2 amide bonds. The summed E-state index contributed by atoms with van der Waals surface area (Å²) in [6.45, 7) is 4.24. The van der Waals surface area contributed by atoms with Gasteiger partial charge < -0.3 is 15.4 Å². The van der Waals surface area contributed by atoms with Crippen LogP contribution in [0.15, 0.2) is 17.5 Å². The monoisotopic (exact) mass is 340 g/mol. The molecular weight excluding hydrogens is 320 g/mol. The Morgan fingerprint density at radius 3 is 2.39 bits per heavy atom. The highest BCUT2D eigenvalue weighted by Gasteiger charge is 2.22. The van der Waals surface area contributed by atoms with Crippen molar-refractivity contribution in [3.63, 3.8) is 0 Å². The van der Waals surface area contributed by atoms with Gasteiger partial charge in [0.05, 0.1) is 11.4 Å². The van der Waals surface area contributed by atoms with E-state index in [9.17, 15) is 19.2 Å². The van der Waals surface area contributed by atoms with Gasteiger partial charge in [0.15, 0.2) is 12.4 Å². The predicted molar refractivity (Wildman–Crippen MR) is 85.1 cm³/mol. The van der Waals surface area contributed by atoms with Crippen LogP contribution in [-0.2, 0) is 19.1 Å². The number of hydrogen-bond donors (Lipinski definition) is 2. The van der Waals surface area contributed by atoms with Crippen molar-refractivity contribution in [2.45, 2.75) is 20.8 Å². The second-order valence-electron chi connectivity index (χ2n) is 5.77. The minimum atomic E-state index is -0.708. The summed E-state index contributed by atoms with van der Waals surface area (Å²) in [6, 6.07) is 3.37. The molecule has 0 aliphatic rings. The molecule has 0 saturated heterocycles. The molecule has 0 aliphatic carbocycles. The Kier molecular flexibility index (Phi) is 6.89. The van der Waals surface area contributed by atoms with E-state index in [1.807, 2.05) is 0 Å². The maximum atomic E-state index is 11.6. The number of carbonyl (C=O) groups excluding carboxylic acids is 4. The van der Waals surface area contributed by atoms with Crippen LogP contribution < -0.4 is 10.6 Å². The van der Waals surface area contributed by atoms with Crippen LogP contribution in [0.25, 0.3) is 0 Å². The minimum absolute atomic E-state index is 0.208. The van der Waals surface area contributed by atoms with E-state index in [-0.39, 0.29) is 31.4 Å². The smallest absolute Gasteiger partial charge is 0.325 e. The summed E-state index contributed by atoms with van der Waals surface area (Å²) in [4.78, 5) is 46.6. The topological polar surface area (TPSA) is 102 Å². The first-order chi connectivity index (χ1) is 10.7. The van der Waals surface area contributed by atoms with E-state index in [2.05, 4.69) is 10.6 Å². The lowest BCUT2D eigenvalue weighted by Crippen LogP contribution is -2.39. The van der Waals surface area contributed by atoms with E-state index in [4.69, 9.17) is 4.74 Å². The molecule has 1 aromatic heterocycles. The molecule has 0 fully saturated rings. The molecule has 1 heterocycles. The van der Waals surface area contributed by atoms with Gasteiger partial charge in [-0.1, -0.05) is 26.8 Å². The van der Waals surface area contributed by atoms with Crippen LogP contribution in [0.2, 0.25) is 0 Å². The zero-order valence-electron chi connectivity index (χ0n) is 13.3. The molecule has 0 aromatic carbocycles.